The zero-order chi connectivity index (χ0) is 10.0. The smallest absolute Gasteiger partial charge is 0.343 e. The van der Waals surface area contributed by atoms with Gasteiger partial charge in [-0.15, -0.1) is 0 Å². The molecule has 0 aromatic heterocycles. The lowest BCUT2D eigenvalue weighted by Crippen LogP contribution is -1.99. The van der Waals surface area contributed by atoms with Crippen molar-refractivity contribution in [2.24, 2.45) is 0 Å². The van der Waals surface area contributed by atoms with E-state index in [1.165, 1.54) is 6.07 Å². The first-order valence-electron chi connectivity index (χ1n) is 3.35. The number of hydrogen-bond donors (Lipinski definition) is 0. The zero-order valence-electron chi connectivity index (χ0n) is 6.61. The maximum Gasteiger partial charge on any atom is 0.357 e. The van der Waals surface area contributed by atoms with Crippen LogP contribution in [0.15, 0.2) is 12.1 Å². The van der Waals surface area contributed by atoms with Crippen molar-refractivity contribution in [2.75, 3.05) is 0 Å². The molecule has 0 radical (unpaired) electrons. The van der Waals surface area contributed by atoms with Crippen LogP contribution in [0.5, 0.6) is 0 Å². The van der Waals surface area contributed by atoms with E-state index in [4.69, 9.17) is 35.1 Å². The molecule has 0 aliphatic heterocycles. The number of carbonyl (C=O) groups is 1. The Hall–Kier alpha value is -0.440. The van der Waals surface area contributed by atoms with Crippen LogP contribution in [0.4, 0.5) is 0 Å². The van der Waals surface area contributed by atoms with Gasteiger partial charge in [-0.2, -0.15) is 0 Å². The summed E-state index contributed by atoms with van der Waals surface area (Å²) < 4.78 is 4.00. The molecule has 2 nitrogen and oxygen atoms in total. The summed E-state index contributed by atoms with van der Waals surface area (Å²) in [5.41, 5.74) is 0.949. The molecule has 0 heterocycles. The van der Waals surface area contributed by atoms with E-state index >= 15 is 0 Å². The molecule has 0 saturated heterocycles. The highest BCUT2D eigenvalue weighted by Crippen LogP contribution is 2.29. The van der Waals surface area contributed by atoms with Gasteiger partial charge in [0.1, 0.15) is 11.9 Å². The van der Waals surface area contributed by atoms with Crippen LogP contribution in [0, 0.1) is 6.92 Å². The van der Waals surface area contributed by atoms with Crippen molar-refractivity contribution in [3.63, 3.8) is 0 Å². The first kappa shape index (κ1) is 10.6. The van der Waals surface area contributed by atoms with E-state index in [2.05, 4.69) is 4.29 Å². The predicted octanol–water partition coefficient (Wildman–Crippen LogP) is 3.61. The molecular weight excluding hydrogens is 234 g/mol. The lowest BCUT2D eigenvalue weighted by Gasteiger charge is -2.04. The fourth-order valence-corrected chi connectivity index (χ4v) is 1.38. The summed E-state index contributed by atoms with van der Waals surface area (Å²) in [4.78, 5) is 11.0. The molecule has 1 rings (SSSR count). The van der Waals surface area contributed by atoms with Crippen molar-refractivity contribution in [1.29, 1.82) is 0 Å². The summed E-state index contributed by atoms with van der Waals surface area (Å²) in [7, 11) is 0. The van der Waals surface area contributed by atoms with Crippen molar-refractivity contribution in [2.45, 2.75) is 6.92 Å². The lowest BCUT2D eigenvalue weighted by atomic mass is 10.1. The minimum absolute atomic E-state index is 0.160. The zero-order valence-corrected chi connectivity index (χ0v) is 8.87. The topological polar surface area (TPSA) is 26.3 Å². The van der Waals surface area contributed by atoms with Crippen molar-refractivity contribution >= 4 is 41.0 Å². The minimum Gasteiger partial charge on any atom is -0.343 e. The molecule has 0 atom stereocenters. The van der Waals surface area contributed by atoms with Crippen molar-refractivity contribution in [1.82, 2.24) is 0 Å². The van der Waals surface area contributed by atoms with Crippen molar-refractivity contribution < 1.29 is 9.08 Å². The number of hydrogen-bond acceptors (Lipinski definition) is 2. The summed E-state index contributed by atoms with van der Waals surface area (Å²) in [5.74, 6) is -0.714. The van der Waals surface area contributed by atoms with E-state index in [-0.39, 0.29) is 10.6 Å². The van der Waals surface area contributed by atoms with E-state index < -0.39 is 5.97 Å². The molecule has 0 unspecified atom stereocenters. The van der Waals surface area contributed by atoms with Gasteiger partial charge in [-0.1, -0.05) is 29.3 Å². The van der Waals surface area contributed by atoms with Gasteiger partial charge in [-0.3, -0.25) is 0 Å². The number of aryl methyl sites for hydroxylation is 1. The number of rotatable bonds is 1. The molecule has 0 spiro atoms. The molecule has 0 N–H and O–H groups in total. The standard InChI is InChI=1S/C8H5Cl3O2/c1-4-2-3-5(8(12)13-11)7(10)6(4)9/h2-3H,1H3. The predicted molar refractivity (Wildman–Crippen MR) is 52.5 cm³/mol. The van der Waals surface area contributed by atoms with Crippen LogP contribution in [-0.2, 0) is 4.29 Å². The summed E-state index contributed by atoms with van der Waals surface area (Å²) in [6.45, 7) is 1.78. The van der Waals surface area contributed by atoms with Crippen LogP contribution < -0.4 is 0 Å². The van der Waals surface area contributed by atoms with Crippen LogP contribution in [0.1, 0.15) is 15.9 Å². The van der Waals surface area contributed by atoms with E-state index in [0.29, 0.717) is 5.02 Å². The Balaban J connectivity index is 3.26. The van der Waals surface area contributed by atoms with Crippen LogP contribution in [0.3, 0.4) is 0 Å². The third-order valence-corrected chi connectivity index (χ3v) is 2.68. The highest BCUT2D eigenvalue weighted by Gasteiger charge is 2.14. The summed E-state index contributed by atoms with van der Waals surface area (Å²) >= 11 is 16.5. The normalized spacial score (nSPS) is 9.85. The van der Waals surface area contributed by atoms with E-state index in [1.807, 2.05) is 0 Å². The van der Waals surface area contributed by atoms with Crippen LogP contribution in [-0.4, -0.2) is 5.97 Å². The second kappa shape index (κ2) is 4.18. The van der Waals surface area contributed by atoms with Gasteiger partial charge in [-0.05, 0) is 18.6 Å². The van der Waals surface area contributed by atoms with E-state index in [1.54, 1.807) is 13.0 Å². The Morgan fingerprint density at radius 2 is 1.92 bits per heavy atom. The summed E-state index contributed by atoms with van der Waals surface area (Å²) in [5, 5.41) is 0.494. The minimum atomic E-state index is -0.714. The Labute approximate surface area is 90.5 Å². The first-order valence-corrected chi connectivity index (χ1v) is 4.42. The van der Waals surface area contributed by atoms with Crippen LogP contribution in [0.25, 0.3) is 0 Å². The fraction of sp³-hybridized carbons (Fsp3) is 0.125. The van der Waals surface area contributed by atoms with Gasteiger partial charge in [0.25, 0.3) is 0 Å². The van der Waals surface area contributed by atoms with Crippen LogP contribution >= 0.6 is 35.1 Å². The summed E-state index contributed by atoms with van der Waals surface area (Å²) in [6, 6.07) is 3.17. The molecular formula is C8H5Cl3O2. The Kier molecular flexibility index (Phi) is 3.42. The fourth-order valence-electron chi connectivity index (χ4n) is 0.845. The number of carbonyl (C=O) groups excluding carboxylic acids is 1. The van der Waals surface area contributed by atoms with Crippen LogP contribution in [0.2, 0.25) is 10.0 Å². The second-order valence-corrected chi connectivity index (χ2v) is 3.33. The average molecular weight is 239 g/mol. The van der Waals surface area contributed by atoms with E-state index in [0.717, 1.165) is 5.56 Å². The SMILES string of the molecule is Cc1ccc(C(=O)OCl)c(Cl)c1Cl. The number of halogens is 3. The Morgan fingerprint density at radius 1 is 1.31 bits per heavy atom. The van der Waals surface area contributed by atoms with Crippen molar-refractivity contribution in [3.05, 3.63) is 33.3 Å². The van der Waals surface area contributed by atoms with Crippen molar-refractivity contribution in [3.8, 4) is 0 Å². The third-order valence-electron chi connectivity index (χ3n) is 1.57. The largest absolute Gasteiger partial charge is 0.357 e. The molecule has 0 fully saturated rings. The maximum atomic E-state index is 11.0. The van der Waals surface area contributed by atoms with Gasteiger partial charge >= 0.3 is 5.97 Å². The molecule has 5 heteroatoms. The average Bonchev–Trinajstić information content (AvgIpc) is 2.13. The van der Waals surface area contributed by atoms with Gasteiger partial charge in [0.2, 0.25) is 0 Å². The van der Waals surface area contributed by atoms with Gasteiger partial charge in [0.05, 0.1) is 15.6 Å². The molecule has 1 aromatic rings. The highest BCUT2D eigenvalue weighted by atomic mass is 35.5. The van der Waals surface area contributed by atoms with Gasteiger partial charge in [-0.25, -0.2) is 4.79 Å². The highest BCUT2D eigenvalue weighted by molar-refractivity contribution is 6.44. The molecule has 1 aromatic carbocycles. The Bertz CT molecular complexity index is 349. The van der Waals surface area contributed by atoms with Gasteiger partial charge in [0, 0.05) is 0 Å². The molecule has 0 amide bonds. The molecule has 70 valence electrons. The molecule has 0 bridgehead atoms. The maximum absolute atomic E-state index is 11.0. The molecule has 0 saturated carbocycles. The molecule has 13 heavy (non-hydrogen) atoms. The summed E-state index contributed by atoms with van der Waals surface area (Å²) in [6.07, 6.45) is 0. The Morgan fingerprint density at radius 3 is 2.46 bits per heavy atom. The van der Waals surface area contributed by atoms with E-state index in [9.17, 15) is 4.79 Å². The monoisotopic (exact) mass is 238 g/mol. The second-order valence-electron chi connectivity index (χ2n) is 2.42. The quantitative estimate of drug-likeness (QED) is 0.748. The molecule has 0 aliphatic carbocycles. The first-order chi connectivity index (χ1) is 6.07. The number of benzene rings is 1. The molecule has 0 aliphatic rings. The van der Waals surface area contributed by atoms with Gasteiger partial charge in [0.15, 0.2) is 0 Å². The lowest BCUT2D eigenvalue weighted by molar-refractivity contribution is 0.0751. The third kappa shape index (κ3) is 2.08. The van der Waals surface area contributed by atoms with Gasteiger partial charge < -0.3 is 4.29 Å².